The van der Waals surface area contributed by atoms with Gasteiger partial charge in [-0.25, -0.2) is 9.97 Å². The highest BCUT2D eigenvalue weighted by Crippen LogP contribution is 2.29. The Labute approximate surface area is 163 Å². The minimum atomic E-state index is -0.115. The number of hydrogen-bond donors (Lipinski definition) is 1. The van der Waals surface area contributed by atoms with Gasteiger partial charge in [0, 0.05) is 28.6 Å². The van der Waals surface area contributed by atoms with Crippen molar-refractivity contribution < 1.29 is 4.79 Å². The average Bonchev–Trinajstić information content (AvgIpc) is 3.08. The van der Waals surface area contributed by atoms with Gasteiger partial charge in [0.05, 0.1) is 0 Å². The Kier molecular flexibility index (Phi) is 4.54. The summed E-state index contributed by atoms with van der Waals surface area (Å²) in [6.45, 7) is 4.46. The smallest absolute Gasteiger partial charge is 0.277 e. The Morgan fingerprint density at radius 2 is 1.93 bits per heavy atom. The van der Waals surface area contributed by atoms with Gasteiger partial charge in [-0.05, 0) is 55.7 Å². The minimum Gasteiger partial charge on any atom is -0.324 e. The van der Waals surface area contributed by atoms with Crippen molar-refractivity contribution in [3.8, 4) is 0 Å². The van der Waals surface area contributed by atoms with Crippen LogP contribution in [0.5, 0.6) is 0 Å². The van der Waals surface area contributed by atoms with Gasteiger partial charge in [-0.1, -0.05) is 35.9 Å². The van der Waals surface area contributed by atoms with Crippen LogP contribution in [0.2, 0.25) is 5.02 Å². The topological polar surface area (TPSA) is 58.1 Å². The summed E-state index contributed by atoms with van der Waals surface area (Å²) in [4.78, 5) is 23.7. The van der Waals surface area contributed by atoms with Crippen LogP contribution in [-0.2, 0) is 6.42 Å². The van der Waals surface area contributed by atoms with Crippen molar-refractivity contribution in [3.63, 3.8) is 0 Å². The average molecular weight is 379 g/mol. The predicted molar refractivity (Wildman–Crippen MR) is 108 cm³/mol. The first-order chi connectivity index (χ1) is 13.0. The number of para-hydroxylation sites is 1. The van der Waals surface area contributed by atoms with Crippen LogP contribution < -0.4 is 10.2 Å². The SMILES string of the molecule is Cc1cc(C(=O)N2CCc3ccccc32)nc(Nc2ccc(C)c(Cl)c2)n1. The molecule has 27 heavy (non-hydrogen) atoms. The summed E-state index contributed by atoms with van der Waals surface area (Å²) >= 11 is 6.19. The Balaban J connectivity index is 1.62. The van der Waals surface area contributed by atoms with E-state index in [9.17, 15) is 4.79 Å². The second kappa shape index (κ2) is 7.00. The van der Waals surface area contributed by atoms with Gasteiger partial charge < -0.3 is 10.2 Å². The summed E-state index contributed by atoms with van der Waals surface area (Å²) in [7, 11) is 0. The van der Waals surface area contributed by atoms with Crippen molar-refractivity contribution in [1.29, 1.82) is 0 Å². The third kappa shape index (κ3) is 3.51. The summed E-state index contributed by atoms with van der Waals surface area (Å²) in [6, 6.07) is 15.3. The lowest BCUT2D eigenvalue weighted by atomic mass is 10.2. The molecule has 0 aliphatic carbocycles. The Morgan fingerprint density at radius 3 is 2.74 bits per heavy atom. The number of nitrogens with one attached hydrogen (secondary N) is 1. The highest BCUT2D eigenvalue weighted by molar-refractivity contribution is 6.31. The molecule has 0 saturated heterocycles. The fourth-order valence-corrected chi connectivity index (χ4v) is 3.40. The summed E-state index contributed by atoms with van der Waals surface area (Å²) in [5.74, 6) is 0.265. The fraction of sp³-hybridized carbons (Fsp3) is 0.190. The molecule has 1 N–H and O–H groups in total. The number of carbonyl (C=O) groups is 1. The van der Waals surface area contributed by atoms with Gasteiger partial charge >= 0.3 is 0 Å². The van der Waals surface area contributed by atoms with Gasteiger partial charge in [0.2, 0.25) is 5.95 Å². The number of benzene rings is 2. The predicted octanol–water partition coefficient (Wildman–Crippen LogP) is 4.69. The molecule has 0 saturated carbocycles. The van der Waals surface area contributed by atoms with Gasteiger partial charge in [0.25, 0.3) is 5.91 Å². The van der Waals surface area contributed by atoms with E-state index in [1.54, 1.807) is 11.0 Å². The first kappa shape index (κ1) is 17.5. The molecule has 4 rings (SSSR count). The van der Waals surface area contributed by atoms with Gasteiger partial charge in [-0.2, -0.15) is 0 Å². The summed E-state index contributed by atoms with van der Waals surface area (Å²) in [5, 5.41) is 3.80. The molecule has 1 amide bonds. The van der Waals surface area contributed by atoms with E-state index in [1.807, 2.05) is 50.2 Å². The third-order valence-electron chi connectivity index (χ3n) is 4.63. The number of rotatable bonds is 3. The van der Waals surface area contributed by atoms with Crippen LogP contribution in [-0.4, -0.2) is 22.4 Å². The molecule has 1 aliphatic heterocycles. The molecule has 2 aromatic carbocycles. The molecule has 0 unspecified atom stereocenters. The maximum atomic E-state index is 13.1. The Bertz CT molecular complexity index is 1030. The fourth-order valence-electron chi connectivity index (χ4n) is 3.22. The third-order valence-corrected chi connectivity index (χ3v) is 5.04. The molecule has 136 valence electrons. The van der Waals surface area contributed by atoms with Crippen molar-refractivity contribution in [3.05, 3.63) is 76.1 Å². The van der Waals surface area contributed by atoms with Gasteiger partial charge in [-0.15, -0.1) is 0 Å². The zero-order chi connectivity index (χ0) is 19.0. The molecule has 0 bridgehead atoms. The lowest BCUT2D eigenvalue weighted by Crippen LogP contribution is -2.30. The highest BCUT2D eigenvalue weighted by atomic mass is 35.5. The van der Waals surface area contributed by atoms with E-state index in [0.717, 1.165) is 29.1 Å². The molecule has 6 heteroatoms. The summed E-state index contributed by atoms with van der Waals surface area (Å²) < 4.78 is 0. The van der Waals surface area contributed by atoms with Crippen molar-refractivity contribution in [2.24, 2.45) is 0 Å². The van der Waals surface area contributed by atoms with E-state index in [-0.39, 0.29) is 5.91 Å². The normalized spacial score (nSPS) is 12.8. The molecule has 0 spiro atoms. The summed E-state index contributed by atoms with van der Waals surface area (Å²) in [5.41, 5.74) is 5.02. The van der Waals surface area contributed by atoms with Crippen LogP contribution >= 0.6 is 11.6 Å². The quantitative estimate of drug-likeness (QED) is 0.718. The highest BCUT2D eigenvalue weighted by Gasteiger charge is 2.26. The van der Waals surface area contributed by atoms with Crippen LogP contribution in [0.1, 0.15) is 27.3 Å². The Morgan fingerprint density at radius 1 is 1.11 bits per heavy atom. The zero-order valence-corrected chi connectivity index (χ0v) is 15.9. The number of anilines is 3. The van der Waals surface area contributed by atoms with E-state index in [2.05, 4.69) is 21.4 Å². The molecule has 0 radical (unpaired) electrons. The van der Waals surface area contributed by atoms with Gasteiger partial charge in [0.15, 0.2) is 0 Å². The molecular weight excluding hydrogens is 360 g/mol. The van der Waals surface area contributed by atoms with Crippen molar-refractivity contribution in [1.82, 2.24) is 9.97 Å². The molecule has 5 nitrogen and oxygen atoms in total. The van der Waals surface area contributed by atoms with E-state index < -0.39 is 0 Å². The monoisotopic (exact) mass is 378 g/mol. The largest absolute Gasteiger partial charge is 0.324 e. The second-order valence-electron chi connectivity index (χ2n) is 6.64. The molecule has 0 atom stereocenters. The minimum absolute atomic E-state index is 0.115. The maximum absolute atomic E-state index is 13.1. The number of amides is 1. The maximum Gasteiger partial charge on any atom is 0.277 e. The van der Waals surface area contributed by atoms with Crippen molar-refractivity contribution >= 4 is 34.8 Å². The number of nitrogens with zero attached hydrogens (tertiary/aromatic N) is 3. The van der Waals surface area contributed by atoms with Crippen molar-refractivity contribution in [2.75, 3.05) is 16.8 Å². The van der Waals surface area contributed by atoms with Crippen molar-refractivity contribution in [2.45, 2.75) is 20.3 Å². The first-order valence-electron chi connectivity index (χ1n) is 8.80. The number of aryl methyl sites for hydroxylation is 2. The van der Waals surface area contributed by atoms with Crippen LogP contribution in [0, 0.1) is 13.8 Å². The zero-order valence-electron chi connectivity index (χ0n) is 15.2. The lowest BCUT2D eigenvalue weighted by molar-refractivity contribution is 0.0984. The van der Waals surface area contributed by atoms with Crippen LogP contribution in [0.3, 0.4) is 0 Å². The Hall–Kier alpha value is -2.92. The first-order valence-corrected chi connectivity index (χ1v) is 9.18. The molecule has 0 fully saturated rings. The number of halogens is 1. The molecule has 3 aromatic rings. The molecule has 2 heterocycles. The lowest BCUT2D eigenvalue weighted by Gasteiger charge is -2.17. The van der Waals surface area contributed by atoms with Gasteiger partial charge in [-0.3, -0.25) is 4.79 Å². The van der Waals surface area contributed by atoms with E-state index in [1.165, 1.54) is 5.56 Å². The second-order valence-corrected chi connectivity index (χ2v) is 7.05. The van der Waals surface area contributed by atoms with E-state index in [4.69, 9.17) is 11.6 Å². The van der Waals surface area contributed by atoms with Crippen LogP contribution in [0.4, 0.5) is 17.3 Å². The summed E-state index contributed by atoms with van der Waals surface area (Å²) in [6.07, 6.45) is 0.860. The number of aromatic nitrogens is 2. The van der Waals surface area contributed by atoms with Crippen LogP contribution in [0.25, 0.3) is 0 Å². The number of carbonyl (C=O) groups excluding carboxylic acids is 1. The van der Waals surface area contributed by atoms with E-state index in [0.29, 0.717) is 23.2 Å². The number of hydrogen-bond acceptors (Lipinski definition) is 4. The molecule has 1 aromatic heterocycles. The standard InChI is InChI=1S/C21H19ClN4O/c1-13-7-8-16(12-17(13)22)24-21-23-14(2)11-18(25-21)20(27)26-10-9-15-5-3-4-6-19(15)26/h3-8,11-12H,9-10H2,1-2H3,(H,23,24,25). The number of fused-ring (bicyclic) bond motifs is 1. The van der Waals surface area contributed by atoms with E-state index >= 15 is 0 Å². The molecular formula is C21H19ClN4O. The van der Waals surface area contributed by atoms with Crippen LogP contribution in [0.15, 0.2) is 48.5 Å². The van der Waals surface area contributed by atoms with Gasteiger partial charge in [0.1, 0.15) is 5.69 Å². The molecule has 1 aliphatic rings.